The normalized spacial score (nSPS) is 21.1. The lowest BCUT2D eigenvalue weighted by Crippen LogP contribution is -2.67. The smallest absolute Gasteiger partial charge is 0.276 e. The number of nitrogens with one attached hydrogen (secondary N) is 1. The second-order valence-corrected chi connectivity index (χ2v) is 13.9. The van der Waals surface area contributed by atoms with Crippen molar-refractivity contribution in [2.45, 2.75) is 89.9 Å². The van der Waals surface area contributed by atoms with E-state index in [-0.39, 0.29) is 58.9 Å². The Hall–Kier alpha value is -5.08. The minimum absolute atomic E-state index is 0.00625. The summed E-state index contributed by atoms with van der Waals surface area (Å²) in [7, 11) is 1.52. The molecule has 5 heterocycles. The summed E-state index contributed by atoms with van der Waals surface area (Å²) in [4.78, 5) is 59.3. The maximum Gasteiger partial charge on any atom is 0.276 e. The first kappa shape index (κ1) is 31.2. The highest BCUT2D eigenvalue weighted by Crippen LogP contribution is 2.55. The van der Waals surface area contributed by atoms with E-state index in [1.165, 1.54) is 37.5 Å². The second kappa shape index (κ2) is 11.8. The van der Waals surface area contributed by atoms with Gasteiger partial charge in [0, 0.05) is 43.1 Å². The van der Waals surface area contributed by atoms with Crippen molar-refractivity contribution in [1.82, 2.24) is 44.7 Å². The lowest BCUT2D eigenvalue weighted by atomic mass is 9.54. The Bertz CT molecular complexity index is 2030. The van der Waals surface area contributed by atoms with E-state index in [1.54, 1.807) is 30.2 Å². The summed E-state index contributed by atoms with van der Waals surface area (Å²) in [6.07, 6.45) is 10.6. The molecule has 4 aromatic rings. The summed E-state index contributed by atoms with van der Waals surface area (Å²) >= 11 is 0. The van der Waals surface area contributed by atoms with Gasteiger partial charge >= 0.3 is 0 Å². The number of anilines is 1. The first-order valence-corrected chi connectivity index (χ1v) is 17.1. The van der Waals surface area contributed by atoms with E-state index in [0.29, 0.717) is 59.2 Å². The molecule has 4 aromatic heterocycles. The quantitative estimate of drug-likeness (QED) is 0.282. The van der Waals surface area contributed by atoms with Crippen LogP contribution in [0.25, 0.3) is 16.9 Å². The molecule has 1 saturated heterocycles. The lowest BCUT2D eigenvalue weighted by Gasteiger charge is -2.54. The number of rotatable bonds is 8. The fraction of sp³-hybridized carbons (Fsp3) is 0.529. The number of carbonyl (C=O) groups excluding carboxylic acids is 2. The number of aryl methyl sites for hydroxylation is 1. The highest BCUT2D eigenvalue weighted by Gasteiger charge is 2.49. The van der Waals surface area contributed by atoms with Crippen molar-refractivity contribution in [3.05, 3.63) is 52.0 Å². The zero-order chi connectivity index (χ0) is 34.0. The van der Waals surface area contributed by atoms with E-state index < -0.39 is 0 Å². The summed E-state index contributed by atoms with van der Waals surface area (Å²) in [6.45, 7) is 4.31. The van der Waals surface area contributed by atoms with E-state index >= 15 is 0 Å². The van der Waals surface area contributed by atoms with Crippen LogP contribution in [-0.2, 0) is 17.8 Å². The van der Waals surface area contributed by atoms with Gasteiger partial charge in [-0.1, -0.05) is 13.3 Å². The van der Waals surface area contributed by atoms with Crippen LogP contribution < -0.4 is 20.4 Å². The molecule has 2 N–H and O–H groups in total. The molecule has 0 unspecified atom stereocenters. The number of hydrogen-bond donors (Lipinski definition) is 2. The molecule has 3 saturated carbocycles. The zero-order valence-corrected chi connectivity index (χ0v) is 27.9. The number of amides is 2. The molecule has 4 aliphatic rings. The largest absolute Gasteiger partial charge is 0.504 e. The average Bonchev–Trinajstić information content (AvgIpc) is 3.50. The molecule has 0 aromatic carbocycles. The lowest BCUT2D eigenvalue weighted by molar-refractivity contribution is -0.125. The Balaban J connectivity index is 1.16. The van der Waals surface area contributed by atoms with E-state index in [0.717, 1.165) is 25.7 Å². The predicted molar refractivity (Wildman–Crippen MR) is 178 cm³/mol. The van der Waals surface area contributed by atoms with Gasteiger partial charge in [0.05, 0.1) is 24.5 Å². The Morgan fingerprint density at radius 2 is 1.90 bits per heavy atom. The Kier molecular flexibility index (Phi) is 7.52. The predicted octanol–water partition coefficient (Wildman–Crippen LogP) is 2.29. The molecular formula is C34H40N10O5. The molecule has 49 heavy (non-hydrogen) atoms. The fourth-order valence-corrected chi connectivity index (χ4v) is 8.32. The van der Waals surface area contributed by atoms with Gasteiger partial charge in [-0.2, -0.15) is 0 Å². The summed E-state index contributed by atoms with van der Waals surface area (Å²) in [5.41, 5.74) is 2.71. The number of ether oxygens (including phenoxy) is 1. The maximum atomic E-state index is 14.5. The minimum Gasteiger partial charge on any atom is -0.504 e. The van der Waals surface area contributed by atoms with Crippen LogP contribution in [0.1, 0.15) is 73.7 Å². The molecule has 3 aliphatic carbocycles. The number of pyridine rings is 2. The summed E-state index contributed by atoms with van der Waals surface area (Å²) in [6, 6.07) is 3.26. The molecule has 15 nitrogen and oxygen atoms in total. The molecule has 8 rings (SSSR count). The average molecular weight is 669 g/mol. The summed E-state index contributed by atoms with van der Waals surface area (Å²) in [5, 5.41) is 23.2. The van der Waals surface area contributed by atoms with E-state index in [4.69, 9.17) is 9.84 Å². The van der Waals surface area contributed by atoms with Crippen molar-refractivity contribution in [2.75, 3.05) is 25.1 Å². The molecule has 2 amide bonds. The number of piperazine rings is 1. The van der Waals surface area contributed by atoms with Gasteiger partial charge in [0.15, 0.2) is 22.6 Å². The molecule has 0 bridgehead atoms. The van der Waals surface area contributed by atoms with Crippen LogP contribution in [0.4, 0.5) is 5.69 Å². The van der Waals surface area contributed by atoms with Gasteiger partial charge in [-0.25, -0.2) is 15.0 Å². The summed E-state index contributed by atoms with van der Waals surface area (Å²) in [5.74, 6) is -0.317. The van der Waals surface area contributed by atoms with Crippen LogP contribution in [0.5, 0.6) is 11.6 Å². The molecule has 15 heteroatoms. The highest BCUT2D eigenvalue weighted by molar-refractivity contribution is 5.95. The van der Waals surface area contributed by atoms with Crippen molar-refractivity contribution in [2.24, 2.45) is 5.41 Å². The standard InChI is InChI=1S/C34H40N10O5/c1-4-22-29(41-12-13-42(24-7-6-23(24)41)33(48)28-30(46)19(2)36-18-37-28)31(47)27-32(40-44(39-27)21-8-11-35-26(14-21)49-3)43(22)17-25(45)38-20-15-34(16-20)9-5-10-34/h8,11,14,18,20,23-24,46H,4-7,9-10,12-13,15-17H2,1-3H3,(H,38,45)/t23-,24-/m0/s1. The van der Waals surface area contributed by atoms with E-state index in [1.807, 2.05) is 11.5 Å². The second-order valence-electron chi connectivity index (χ2n) is 13.9. The van der Waals surface area contributed by atoms with Crippen LogP contribution in [0, 0.1) is 12.3 Å². The van der Waals surface area contributed by atoms with Crippen molar-refractivity contribution in [1.29, 1.82) is 0 Å². The maximum absolute atomic E-state index is 14.5. The number of methoxy groups -OCH3 is 1. The molecular weight excluding hydrogens is 628 g/mol. The fourth-order valence-electron chi connectivity index (χ4n) is 8.32. The van der Waals surface area contributed by atoms with Gasteiger partial charge in [0.1, 0.15) is 18.6 Å². The van der Waals surface area contributed by atoms with Crippen molar-refractivity contribution in [3.63, 3.8) is 0 Å². The van der Waals surface area contributed by atoms with Crippen LogP contribution in [0.15, 0.2) is 29.5 Å². The van der Waals surface area contributed by atoms with Gasteiger partial charge in [0.2, 0.25) is 17.2 Å². The van der Waals surface area contributed by atoms with Crippen LogP contribution >= 0.6 is 0 Å². The zero-order valence-electron chi connectivity index (χ0n) is 27.9. The number of carbonyl (C=O) groups is 2. The molecule has 1 spiro atoms. The molecule has 2 atom stereocenters. The third-order valence-electron chi connectivity index (χ3n) is 11.2. The number of fused-ring (bicyclic) bond motifs is 2. The number of nitrogens with zero attached hydrogens (tertiary/aromatic N) is 9. The first-order valence-electron chi connectivity index (χ1n) is 17.1. The minimum atomic E-state index is -0.354. The molecule has 1 aliphatic heterocycles. The number of aromatic hydroxyl groups is 1. The topological polar surface area (TPSA) is 173 Å². The van der Waals surface area contributed by atoms with E-state index in [2.05, 4.69) is 30.3 Å². The summed E-state index contributed by atoms with van der Waals surface area (Å²) < 4.78 is 7.15. The number of aromatic nitrogens is 7. The van der Waals surface area contributed by atoms with Crippen LogP contribution in [-0.4, -0.2) is 94.7 Å². The van der Waals surface area contributed by atoms with Crippen molar-refractivity contribution >= 4 is 28.7 Å². The Labute approximate surface area is 282 Å². The molecule has 256 valence electrons. The van der Waals surface area contributed by atoms with Crippen LogP contribution in [0.3, 0.4) is 0 Å². The van der Waals surface area contributed by atoms with E-state index in [9.17, 15) is 19.5 Å². The van der Waals surface area contributed by atoms with Gasteiger partial charge in [-0.3, -0.25) is 14.4 Å². The van der Waals surface area contributed by atoms with Gasteiger partial charge in [0.25, 0.3) is 5.91 Å². The third kappa shape index (κ3) is 5.08. The highest BCUT2D eigenvalue weighted by atomic mass is 16.5. The molecule has 4 fully saturated rings. The van der Waals surface area contributed by atoms with Crippen molar-refractivity contribution < 1.29 is 19.4 Å². The molecule has 0 radical (unpaired) electrons. The Morgan fingerprint density at radius 3 is 2.59 bits per heavy atom. The first-order chi connectivity index (χ1) is 23.7. The van der Waals surface area contributed by atoms with Gasteiger partial charge in [-0.05, 0) is 63.4 Å². The van der Waals surface area contributed by atoms with Gasteiger partial charge < -0.3 is 29.5 Å². The van der Waals surface area contributed by atoms with Crippen molar-refractivity contribution in [3.8, 4) is 17.3 Å². The third-order valence-corrected chi connectivity index (χ3v) is 11.2. The number of hydrogen-bond acceptors (Lipinski definition) is 11. The Morgan fingerprint density at radius 1 is 1.10 bits per heavy atom. The van der Waals surface area contributed by atoms with Crippen LogP contribution in [0.2, 0.25) is 0 Å². The monoisotopic (exact) mass is 668 g/mol. The SMILES string of the molecule is CCc1c(N2CCN(C(=O)c3ncnc(C)c3O)[C@H]3CC[C@@H]32)c(=O)c2nn(-c3ccnc(OC)c3)nc2n1CC(=O)NC1CC2(CCC2)C1. The van der Waals surface area contributed by atoms with Gasteiger partial charge in [-0.15, -0.1) is 15.0 Å².